The fourth-order valence-corrected chi connectivity index (χ4v) is 3.96. The van der Waals surface area contributed by atoms with E-state index in [1.165, 1.54) is 12.0 Å². The number of ether oxygens (including phenoxy) is 1. The van der Waals surface area contributed by atoms with Crippen LogP contribution < -0.4 is 5.32 Å². The Morgan fingerprint density at radius 3 is 2.35 bits per heavy atom. The van der Waals surface area contributed by atoms with Gasteiger partial charge < -0.3 is 10.1 Å². The predicted octanol–water partition coefficient (Wildman–Crippen LogP) is 3.85. The van der Waals surface area contributed by atoms with Gasteiger partial charge in [-0.05, 0) is 24.8 Å². The van der Waals surface area contributed by atoms with Crippen molar-refractivity contribution in [2.24, 2.45) is 11.8 Å². The average molecular weight is 429 g/mol. The number of hydrogen-bond donors (Lipinski definition) is 1. The summed E-state index contributed by atoms with van der Waals surface area (Å²) in [7, 11) is 1.52. The molecule has 1 unspecified atom stereocenters. The number of imide groups is 1. The first kappa shape index (κ1) is 24.6. The summed E-state index contributed by atoms with van der Waals surface area (Å²) >= 11 is 0. The third-order valence-electron chi connectivity index (χ3n) is 5.92. The Kier molecular flexibility index (Phi) is 8.84. The van der Waals surface area contributed by atoms with Gasteiger partial charge in [0, 0.05) is 12.3 Å². The fraction of sp³-hybridized carbons (Fsp3) is 0.560. The van der Waals surface area contributed by atoms with E-state index in [0.29, 0.717) is 17.8 Å². The molecule has 0 spiro atoms. The highest BCUT2D eigenvalue weighted by molar-refractivity contribution is 6.09. The Balaban J connectivity index is 2.29. The summed E-state index contributed by atoms with van der Waals surface area (Å²) in [6.45, 7) is 9.40. The third-order valence-corrected chi connectivity index (χ3v) is 5.92. The molecule has 1 aromatic carbocycles. The molecular formula is C25H36N2O4. The first-order valence-corrected chi connectivity index (χ1v) is 11.2. The molecule has 0 saturated carbocycles. The molecule has 31 heavy (non-hydrogen) atoms. The fourth-order valence-electron chi connectivity index (χ4n) is 3.96. The Morgan fingerprint density at radius 1 is 1.16 bits per heavy atom. The van der Waals surface area contributed by atoms with Gasteiger partial charge in [-0.15, -0.1) is 0 Å². The van der Waals surface area contributed by atoms with Crippen molar-refractivity contribution in [3.63, 3.8) is 0 Å². The summed E-state index contributed by atoms with van der Waals surface area (Å²) in [5, 5.41) is 2.91. The van der Waals surface area contributed by atoms with Gasteiger partial charge in [0.2, 0.25) is 5.91 Å². The highest BCUT2D eigenvalue weighted by Gasteiger charge is 2.45. The summed E-state index contributed by atoms with van der Waals surface area (Å²) in [6.07, 6.45) is 3.21. The highest BCUT2D eigenvalue weighted by atomic mass is 16.5. The molecule has 0 fully saturated rings. The lowest BCUT2D eigenvalue weighted by Gasteiger charge is -2.31. The Hall–Kier alpha value is -2.63. The van der Waals surface area contributed by atoms with E-state index in [2.05, 4.69) is 12.2 Å². The second-order valence-electron chi connectivity index (χ2n) is 8.69. The van der Waals surface area contributed by atoms with Crippen LogP contribution in [0, 0.1) is 11.8 Å². The predicted molar refractivity (Wildman–Crippen MR) is 121 cm³/mol. The van der Waals surface area contributed by atoms with Gasteiger partial charge in [-0.1, -0.05) is 70.9 Å². The molecule has 1 aliphatic heterocycles. The maximum absolute atomic E-state index is 13.6. The average Bonchev–Trinajstić information content (AvgIpc) is 2.99. The van der Waals surface area contributed by atoms with Crippen LogP contribution in [0.25, 0.3) is 0 Å². The van der Waals surface area contributed by atoms with Crippen molar-refractivity contribution >= 4 is 17.7 Å². The number of amides is 3. The second kappa shape index (κ2) is 11.1. The molecule has 0 aromatic heterocycles. The summed E-state index contributed by atoms with van der Waals surface area (Å²) < 4.78 is 5.54. The molecular weight excluding hydrogens is 392 g/mol. The van der Waals surface area contributed by atoms with Crippen LogP contribution >= 0.6 is 0 Å². The largest absolute Gasteiger partial charge is 0.498 e. The van der Waals surface area contributed by atoms with E-state index in [1.54, 1.807) is 6.92 Å². The van der Waals surface area contributed by atoms with E-state index in [1.807, 2.05) is 51.1 Å². The van der Waals surface area contributed by atoms with Crippen LogP contribution in [0.2, 0.25) is 0 Å². The number of carbonyl (C=O) groups is 3. The van der Waals surface area contributed by atoms with Gasteiger partial charge in [0.25, 0.3) is 11.8 Å². The van der Waals surface area contributed by atoms with Crippen molar-refractivity contribution in [1.82, 2.24) is 10.2 Å². The van der Waals surface area contributed by atoms with Crippen LogP contribution in [-0.4, -0.2) is 41.8 Å². The molecule has 1 aromatic rings. The minimum atomic E-state index is -0.775. The van der Waals surface area contributed by atoms with Crippen LogP contribution in [-0.2, 0) is 25.5 Å². The lowest BCUT2D eigenvalue weighted by atomic mass is 9.98. The molecule has 6 nitrogen and oxygen atoms in total. The van der Waals surface area contributed by atoms with Gasteiger partial charge in [0.05, 0.1) is 12.7 Å². The topological polar surface area (TPSA) is 75.7 Å². The van der Waals surface area contributed by atoms with Crippen molar-refractivity contribution < 1.29 is 19.1 Å². The molecule has 0 aliphatic carbocycles. The van der Waals surface area contributed by atoms with E-state index in [4.69, 9.17) is 4.74 Å². The van der Waals surface area contributed by atoms with Gasteiger partial charge in [-0.2, -0.15) is 0 Å². The lowest BCUT2D eigenvalue weighted by molar-refractivity contribution is -0.147. The summed E-state index contributed by atoms with van der Waals surface area (Å²) in [6, 6.07) is 8.41. The van der Waals surface area contributed by atoms with Crippen molar-refractivity contribution in [1.29, 1.82) is 0 Å². The van der Waals surface area contributed by atoms with Crippen LogP contribution in [0.1, 0.15) is 59.4 Å². The zero-order valence-electron chi connectivity index (χ0n) is 19.6. The first-order chi connectivity index (χ1) is 14.7. The smallest absolute Gasteiger partial charge is 0.260 e. The monoisotopic (exact) mass is 428 g/mol. The molecule has 1 aliphatic rings. The zero-order chi connectivity index (χ0) is 23.1. The summed E-state index contributed by atoms with van der Waals surface area (Å²) in [5.74, 6) is -0.731. The van der Waals surface area contributed by atoms with Crippen molar-refractivity contribution in [3.8, 4) is 0 Å². The lowest BCUT2D eigenvalue weighted by Crippen LogP contribution is -2.55. The molecule has 170 valence electrons. The molecule has 6 heteroatoms. The molecule has 3 amide bonds. The molecule has 3 atom stereocenters. The van der Waals surface area contributed by atoms with Gasteiger partial charge >= 0.3 is 0 Å². The number of rotatable bonds is 10. The number of nitrogens with one attached hydrogen (secondary N) is 1. The quantitative estimate of drug-likeness (QED) is 0.614. The minimum Gasteiger partial charge on any atom is -0.498 e. The van der Waals surface area contributed by atoms with E-state index < -0.39 is 12.1 Å². The number of unbranched alkanes of at least 4 members (excludes halogenated alkanes) is 1. The first-order valence-electron chi connectivity index (χ1n) is 11.2. The van der Waals surface area contributed by atoms with E-state index >= 15 is 0 Å². The third kappa shape index (κ3) is 5.75. The van der Waals surface area contributed by atoms with Crippen LogP contribution in [0.5, 0.6) is 0 Å². The molecule has 2 rings (SSSR count). The standard InChI is InChI=1S/C25H36N2O4/c1-7-8-12-17(4)23(28)26-21(16(2)3)25(30)27-20(15-19-13-10-9-11-14-19)22(31-6)18(5)24(27)29/h9-11,13-14,16-17,20-21H,7-8,12,15H2,1-6H3,(H,26,28)/t17?,20-,21-/m0/s1. The molecule has 0 bridgehead atoms. The molecule has 1 heterocycles. The summed E-state index contributed by atoms with van der Waals surface area (Å²) in [4.78, 5) is 40.6. The number of methoxy groups -OCH3 is 1. The Labute approximate surface area is 186 Å². The number of nitrogens with zero attached hydrogens (tertiary/aromatic N) is 1. The normalized spacial score (nSPS) is 18.4. The van der Waals surface area contributed by atoms with Crippen molar-refractivity contribution in [2.45, 2.75) is 72.4 Å². The van der Waals surface area contributed by atoms with Crippen molar-refractivity contribution in [2.75, 3.05) is 7.11 Å². The molecule has 0 saturated heterocycles. The number of carbonyl (C=O) groups excluding carboxylic acids is 3. The van der Waals surface area contributed by atoms with Gasteiger partial charge in [0.15, 0.2) is 0 Å². The van der Waals surface area contributed by atoms with Crippen LogP contribution in [0.4, 0.5) is 0 Å². The van der Waals surface area contributed by atoms with E-state index in [0.717, 1.165) is 24.8 Å². The van der Waals surface area contributed by atoms with Gasteiger partial charge in [-0.25, -0.2) is 0 Å². The molecule has 1 N–H and O–H groups in total. The highest BCUT2D eigenvalue weighted by Crippen LogP contribution is 2.30. The molecule has 0 radical (unpaired) electrons. The zero-order valence-corrected chi connectivity index (χ0v) is 19.6. The number of benzene rings is 1. The minimum absolute atomic E-state index is 0.150. The Morgan fingerprint density at radius 2 is 1.81 bits per heavy atom. The maximum atomic E-state index is 13.6. The summed E-state index contributed by atoms with van der Waals surface area (Å²) in [5.41, 5.74) is 1.43. The van der Waals surface area contributed by atoms with E-state index in [-0.39, 0.29) is 29.6 Å². The van der Waals surface area contributed by atoms with E-state index in [9.17, 15) is 14.4 Å². The van der Waals surface area contributed by atoms with Crippen molar-refractivity contribution in [3.05, 3.63) is 47.2 Å². The number of hydrogen-bond acceptors (Lipinski definition) is 4. The van der Waals surface area contributed by atoms with Crippen LogP contribution in [0.3, 0.4) is 0 Å². The van der Waals surface area contributed by atoms with Gasteiger partial charge in [0.1, 0.15) is 17.8 Å². The van der Waals surface area contributed by atoms with Gasteiger partial charge in [-0.3, -0.25) is 19.3 Å². The second-order valence-corrected chi connectivity index (χ2v) is 8.69. The Bertz CT molecular complexity index is 816. The van der Waals surface area contributed by atoms with Crippen LogP contribution in [0.15, 0.2) is 41.7 Å². The maximum Gasteiger partial charge on any atom is 0.260 e. The SMILES string of the molecule is CCCCC(C)C(=O)N[C@H](C(=O)N1C(=O)C(C)=C(OC)[C@@H]1Cc1ccccc1)C(C)C.